The molecule has 1 aliphatic heterocycles. The summed E-state index contributed by atoms with van der Waals surface area (Å²) in [6.07, 6.45) is 2.67. The first kappa shape index (κ1) is 12.9. The van der Waals surface area contributed by atoms with E-state index in [9.17, 15) is 9.90 Å². The molecule has 0 radical (unpaired) electrons. The van der Waals surface area contributed by atoms with Crippen LogP contribution in [0.3, 0.4) is 0 Å². The summed E-state index contributed by atoms with van der Waals surface area (Å²) < 4.78 is 0. The molecule has 0 saturated carbocycles. The molecule has 1 aliphatic rings. The first-order chi connectivity index (χ1) is 8.50. The molecule has 1 fully saturated rings. The van der Waals surface area contributed by atoms with Crippen molar-refractivity contribution < 1.29 is 9.90 Å². The molecule has 2 heterocycles. The van der Waals surface area contributed by atoms with Crippen molar-refractivity contribution in [1.82, 2.24) is 9.88 Å². The first-order valence-corrected chi connectivity index (χ1v) is 6.45. The Bertz CT molecular complexity index is 447. The minimum atomic E-state index is -0.168. The van der Waals surface area contributed by atoms with E-state index in [1.807, 2.05) is 4.90 Å². The number of piperidine rings is 1. The van der Waals surface area contributed by atoms with Crippen LogP contribution in [-0.2, 0) is 0 Å². The molecule has 1 aromatic rings. The van der Waals surface area contributed by atoms with Gasteiger partial charge in [0.1, 0.15) is 5.75 Å². The van der Waals surface area contributed by atoms with Gasteiger partial charge in [0.15, 0.2) is 5.69 Å². The lowest BCUT2D eigenvalue weighted by Crippen LogP contribution is -2.49. The third-order valence-corrected chi connectivity index (χ3v) is 3.85. The maximum absolute atomic E-state index is 12.4. The zero-order valence-electron chi connectivity index (χ0n) is 11.1. The van der Waals surface area contributed by atoms with Crippen LogP contribution in [0.4, 0.5) is 0 Å². The normalized spacial score (nSPS) is 28.2. The lowest BCUT2D eigenvalue weighted by Gasteiger charge is -2.40. The quantitative estimate of drug-likeness (QED) is 0.829. The van der Waals surface area contributed by atoms with Gasteiger partial charge < -0.3 is 10.0 Å². The van der Waals surface area contributed by atoms with Crippen LogP contribution in [0.5, 0.6) is 5.75 Å². The molecule has 0 bridgehead atoms. The fourth-order valence-corrected chi connectivity index (χ4v) is 2.68. The molecule has 3 unspecified atom stereocenters. The maximum Gasteiger partial charge on any atom is 0.276 e. The summed E-state index contributed by atoms with van der Waals surface area (Å²) in [5.74, 6) is 0.758. The van der Waals surface area contributed by atoms with Crippen molar-refractivity contribution in [3.05, 3.63) is 24.0 Å². The van der Waals surface area contributed by atoms with Crippen molar-refractivity contribution in [3.63, 3.8) is 0 Å². The molecule has 18 heavy (non-hydrogen) atoms. The molecule has 4 heteroatoms. The number of carbonyl (C=O) groups is 1. The molecular weight excluding hydrogens is 228 g/mol. The van der Waals surface area contributed by atoms with Crippen LogP contribution >= 0.6 is 0 Å². The molecule has 1 N–H and O–H groups in total. The van der Waals surface area contributed by atoms with E-state index >= 15 is 0 Å². The SMILES string of the molecule is CC1CC(C)C(C)N(C(=O)c2ncccc2O)C1. The van der Waals surface area contributed by atoms with Crippen LogP contribution in [0.2, 0.25) is 0 Å². The van der Waals surface area contributed by atoms with Crippen molar-refractivity contribution in [3.8, 4) is 5.75 Å². The van der Waals surface area contributed by atoms with E-state index in [-0.39, 0.29) is 23.4 Å². The van der Waals surface area contributed by atoms with E-state index < -0.39 is 0 Å². The number of hydrogen-bond acceptors (Lipinski definition) is 3. The number of aromatic nitrogens is 1. The number of hydrogen-bond donors (Lipinski definition) is 1. The van der Waals surface area contributed by atoms with Crippen molar-refractivity contribution in [2.75, 3.05) is 6.54 Å². The van der Waals surface area contributed by atoms with E-state index in [0.29, 0.717) is 11.8 Å². The predicted molar refractivity (Wildman–Crippen MR) is 69.3 cm³/mol. The highest BCUT2D eigenvalue weighted by atomic mass is 16.3. The molecule has 0 aliphatic carbocycles. The van der Waals surface area contributed by atoms with Gasteiger partial charge in [-0.15, -0.1) is 0 Å². The summed E-state index contributed by atoms with van der Waals surface area (Å²) in [6.45, 7) is 7.12. The highest BCUT2D eigenvalue weighted by Gasteiger charge is 2.33. The molecule has 98 valence electrons. The Morgan fingerprint density at radius 3 is 2.83 bits per heavy atom. The second kappa shape index (κ2) is 4.96. The summed E-state index contributed by atoms with van der Waals surface area (Å²) in [5, 5.41) is 9.72. The van der Waals surface area contributed by atoms with Gasteiger partial charge in [-0.05, 0) is 37.3 Å². The summed E-state index contributed by atoms with van der Waals surface area (Å²) in [5.41, 5.74) is 0.158. The molecule has 1 saturated heterocycles. The number of likely N-dealkylation sites (tertiary alicyclic amines) is 1. The van der Waals surface area contributed by atoms with Crippen molar-refractivity contribution in [1.29, 1.82) is 0 Å². The molecule has 2 rings (SSSR count). The zero-order valence-corrected chi connectivity index (χ0v) is 11.1. The molecule has 1 amide bonds. The number of aromatic hydroxyl groups is 1. The Balaban J connectivity index is 2.25. The van der Waals surface area contributed by atoms with Gasteiger partial charge in [0.25, 0.3) is 5.91 Å². The average molecular weight is 248 g/mol. The fourth-order valence-electron chi connectivity index (χ4n) is 2.68. The standard InChI is InChI=1S/C14H20N2O2/c1-9-7-10(2)11(3)16(8-9)14(18)13-12(17)5-4-6-15-13/h4-6,9-11,17H,7-8H2,1-3H3. The van der Waals surface area contributed by atoms with Crippen molar-refractivity contribution in [2.24, 2.45) is 11.8 Å². The fraction of sp³-hybridized carbons (Fsp3) is 0.571. The highest BCUT2D eigenvalue weighted by Crippen LogP contribution is 2.29. The monoisotopic (exact) mass is 248 g/mol. The van der Waals surface area contributed by atoms with E-state index in [0.717, 1.165) is 13.0 Å². The van der Waals surface area contributed by atoms with Crippen LogP contribution in [0.25, 0.3) is 0 Å². The number of nitrogens with zero attached hydrogens (tertiary/aromatic N) is 2. The van der Waals surface area contributed by atoms with E-state index in [4.69, 9.17) is 0 Å². The van der Waals surface area contributed by atoms with Crippen LogP contribution in [0.1, 0.15) is 37.7 Å². The predicted octanol–water partition coefficient (Wildman–Crippen LogP) is 2.29. The second-order valence-electron chi connectivity index (χ2n) is 5.39. The van der Waals surface area contributed by atoms with Gasteiger partial charge in [-0.1, -0.05) is 13.8 Å². The van der Waals surface area contributed by atoms with Crippen molar-refractivity contribution in [2.45, 2.75) is 33.2 Å². The number of pyridine rings is 1. The van der Waals surface area contributed by atoms with Gasteiger partial charge in [0.05, 0.1) is 0 Å². The molecule has 1 aromatic heterocycles. The zero-order chi connectivity index (χ0) is 13.3. The lowest BCUT2D eigenvalue weighted by atomic mass is 9.86. The van der Waals surface area contributed by atoms with Crippen LogP contribution in [0, 0.1) is 11.8 Å². The second-order valence-corrected chi connectivity index (χ2v) is 5.39. The van der Waals surface area contributed by atoms with Gasteiger partial charge in [-0.25, -0.2) is 4.98 Å². The van der Waals surface area contributed by atoms with E-state index in [1.54, 1.807) is 6.07 Å². The third kappa shape index (κ3) is 2.33. The molecule has 0 spiro atoms. The maximum atomic E-state index is 12.4. The van der Waals surface area contributed by atoms with Gasteiger partial charge in [0, 0.05) is 18.8 Å². The average Bonchev–Trinajstić information content (AvgIpc) is 2.33. The van der Waals surface area contributed by atoms with Gasteiger partial charge in [-0.3, -0.25) is 4.79 Å². The lowest BCUT2D eigenvalue weighted by molar-refractivity contribution is 0.0447. The summed E-state index contributed by atoms with van der Waals surface area (Å²) in [6, 6.07) is 3.31. The van der Waals surface area contributed by atoms with Crippen molar-refractivity contribution >= 4 is 5.91 Å². The Morgan fingerprint density at radius 2 is 2.17 bits per heavy atom. The van der Waals surface area contributed by atoms with Gasteiger partial charge >= 0.3 is 0 Å². The third-order valence-electron chi connectivity index (χ3n) is 3.85. The Labute approximate surface area is 108 Å². The smallest absolute Gasteiger partial charge is 0.276 e. The topological polar surface area (TPSA) is 53.4 Å². The van der Waals surface area contributed by atoms with Crippen LogP contribution < -0.4 is 0 Å². The molecule has 3 atom stereocenters. The number of rotatable bonds is 1. The van der Waals surface area contributed by atoms with E-state index in [2.05, 4.69) is 25.8 Å². The summed E-state index contributed by atoms with van der Waals surface area (Å²) in [7, 11) is 0. The van der Waals surface area contributed by atoms with Crippen LogP contribution in [-0.4, -0.2) is 33.5 Å². The molecule has 4 nitrogen and oxygen atoms in total. The largest absolute Gasteiger partial charge is 0.505 e. The van der Waals surface area contributed by atoms with Crippen LogP contribution in [0.15, 0.2) is 18.3 Å². The highest BCUT2D eigenvalue weighted by molar-refractivity contribution is 5.95. The molecule has 0 aromatic carbocycles. The Hall–Kier alpha value is -1.58. The minimum absolute atomic E-state index is 0.0411. The van der Waals surface area contributed by atoms with Gasteiger partial charge in [-0.2, -0.15) is 0 Å². The number of amides is 1. The number of carbonyl (C=O) groups excluding carboxylic acids is 1. The Morgan fingerprint density at radius 1 is 1.44 bits per heavy atom. The molecular formula is C14H20N2O2. The van der Waals surface area contributed by atoms with Gasteiger partial charge in [0.2, 0.25) is 0 Å². The van der Waals surface area contributed by atoms with E-state index in [1.165, 1.54) is 12.3 Å². The Kier molecular flexibility index (Phi) is 3.55. The summed E-state index contributed by atoms with van der Waals surface area (Å²) in [4.78, 5) is 18.3. The summed E-state index contributed by atoms with van der Waals surface area (Å²) >= 11 is 0. The minimum Gasteiger partial charge on any atom is -0.505 e. The first-order valence-electron chi connectivity index (χ1n) is 6.45.